The van der Waals surface area contributed by atoms with E-state index in [1.54, 1.807) is 23.1 Å². The summed E-state index contributed by atoms with van der Waals surface area (Å²) in [6.45, 7) is 7.81. The van der Waals surface area contributed by atoms with Crippen LogP contribution in [0.25, 0.3) is 0 Å². The van der Waals surface area contributed by atoms with E-state index >= 15 is 0 Å². The first kappa shape index (κ1) is 17.4. The Morgan fingerprint density at radius 1 is 1.50 bits per heavy atom. The van der Waals surface area contributed by atoms with Gasteiger partial charge in [-0.25, -0.2) is 0 Å². The summed E-state index contributed by atoms with van der Waals surface area (Å²) in [6, 6.07) is 0.157. The second kappa shape index (κ2) is 7.95. The van der Waals surface area contributed by atoms with Crippen LogP contribution in [-0.2, 0) is 4.79 Å². The minimum atomic E-state index is -0.814. The Morgan fingerprint density at radius 3 is 2.65 bits per heavy atom. The summed E-state index contributed by atoms with van der Waals surface area (Å²) in [5.74, 6) is 0.106. The zero-order chi connectivity index (χ0) is 15.2. The van der Waals surface area contributed by atoms with Gasteiger partial charge in [0.25, 0.3) is 0 Å². The van der Waals surface area contributed by atoms with E-state index in [-0.39, 0.29) is 6.04 Å². The minimum absolute atomic E-state index is 0.157. The van der Waals surface area contributed by atoms with Crippen LogP contribution in [0.4, 0.5) is 0 Å². The lowest BCUT2D eigenvalue weighted by Crippen LogP contribution is -2.54. The first-order chi connectivity index (χ1) is 9.39. The van der Waals surface area contributed by atoms with Crippen LogP contribution in [0.15, 0.2) is 4.34 Å². The van der Waals surface area contributed by atoms with E-state index in [4.69, 9.17) is 0 Å². The fourth-order valence-electron chi connectivity index (χ4n) is 2.09. The molecule has 0 aliphatic carbocycles. The van der Waals surface area contributed by atoms with Crippen molar-refractivity contribution in [3.63, 3.8) is 0 Å². The molecule has 5 nitrogen and oxygen atoms in total. The summed E-state index contributed by atoms with van der Waals surface area (Å²) in [5, 5.41) is 21.7. The summed E-state index contributed by atoms with van der Waals surface area (Å²) in [7, 11) is 0. The molecule has 2 N–H and O–H groups in total. The Bertz CT molecular complexity index is 437. The molecule has 1 heterocycles. The van der Waals surface area contributed by atoms with E-state index in [2.05, 4.69) is 15.5 Å². The lowest BCUT2D eigenvalue weighted by atomic mass is 9.90. The number of carbonyl (C=O) groups is 1. The number of aryl methyl sites for hydroxylation is 1. The second-order valence-electron chi connectivity index (χ2n) is 5.08. The standard InChI is InChI=1S/C13H23N3O2S2/c1-5-13(11(17)18,14-9(2)3)7-6-8-19-12-16-15-10(4)20-12/h9,14H,5-8H2,1-4H3,(H,17,18). The van der Waals surface area contributed by atoms with Crippen LogP contribution in [0.3, 0.4) is 0 Å². The van der Waals surface area contributed by atoms with Crippen LogP contribution in [0, 0.1) is 6.92 Å². The molecule has 1 rings (SSSR count). The molecule has 0 aliphatic heterocycles. The van der Waals surface area contributed by atoms with Gasteiger partial charge in [-0.1, -0.05) is 30.0 Å². The van der Waals surface area contributed by atoms with Crippen molar-refractivity contribution in [2.24, 2.45) is 0 Å². The molecule has 0 fully saturated rings. The number of hydrogen-bond acceptors (Lipinski definition) is 6. The SMILES string of the molecule is CCC(CCCSc1nnc(C)s1)(NC(C)C)C(=O)O. The molecule has 0 bridgehead atoms. The van der Waals surface area contributed by atoms with Crippen molar-refractivity contribution in [1.82, 2.24) is 15.5 Å². The molecule has 0 aromatic carbocycles. The number of rotatable bonds is 9. The monoisotopic (exact) mass is 317 g/mol. The molecular formula is C13H23N3O2S2. The van der Waals surface area contributed by atoms with Gasteiger partial charge in [0.2, 0.25) is 0 Å². The highest BCUT2D eigenvalue weighted by Crippen LogP contribution is 2.25. The third-order valence-corrected chi connectivity index (χ3v) is 5.12. The van der Waals surface area contributed by atoms with Crippen LogP contribution >= 0.6 is 23.1 Å². The Labute approximate surface area is 128 Å². The third-order valence-electron chi connectivity index (χ3n) is 3.06. The quantitative estimate of drug-likeness (QED) is 0.539. The Morgan fingerprint density at radius 2 is 2.20 bits per heavy atom. The van der Waals surface area contributed by atoms with Crippen molar-refractivity contribution >= 4 is 29.1 Å². The van der Waals surface area contributed by atoms with Gasteiger partial charge in [-0.3, -0.25) is 10.1 Å². The highest BCUT2D eigenvalue weighted by molar-refractivity contribution is 8.01. The van der Waals surface area contributed by atoms with Gasteiger partial charge in [-0.05, 0) is 40.0 Å². The molecule has 0 radical (unpaired) electrons. The van der Waals surface area contributed by atoms with Gasteiger partial charge >= 0.3 is 5.97 Å². The predicted molar refractivity (Wildman–Crippen MR) is 83.5 cm³/mol. The van der Waals surface area contributed by atoms with Crippen LogP contribution < -0.4 is 5.32 Å². The van der Waals surface area contributed by atoms with E-state index in [0.717, 1.165) is 21.5 Å². The molecule has 20 heavy (non-hydrogen) atoms. The van der Waals surface area contributed by atoms with Crippen molar-refractivity contribution in [2.45, 2.75) is 62.9 Å². The Kier molecular flexibility index (Phi) is 6.91. The highest BCUT2D eigenvalue weighted by atomic mass is 32.2. The number of thioether (sulfide) groups is 1. The van der Waals surface area contributed by atoms with Crippen molar-refractivity contribution in [1.29, 1.82) is 0 Å². The molecule has 7 heteroatoms. The number of nitrogens with one attached hydrogen (secondary N) is 1. The molecule has 114 valence electrons. The van der Waals surface area contributed by atoms with E-state index in [9.17, 15) is 9.90 Å². The maximum Gasteiger partial charge on any atom is 0.323 e. The van der Waals surface area contributed by atoms with Gasteiger partial charge in [0, 0.05) is 11.8 Å². The van der Waals surface area contributed by atoms with Gasteiger partial charge in [0.15, 0.2) is 4.34 Å². The molecule has 0 saturated heterocycles. The fourth-order valence-corrected chi connectivity index (χ4v) is 3.92. The predicted octanol–water partition coefficient (Wildman–Crippen LogP) is 2.95. The number of hydrogen-bond donors (Lipinski definition) is 2. The van der Waals surface area contributed by atoms with Crippen molar-refractivity contribution in [3.8, 4) is 0 Å². The van der Waals surface area contributed by atoms with Gasteiger partial charge in [0.1, 0.15) is 10.5 Å². The van der Waals surface area contributed by atoms with Crippen LogP contribution in [0.2, 0.25) is 0 Å². The minimum Gasteiger partial charge on any atom is -0.480 e. The largest absolute Gasteiger partial charge is 0.480 e. The smallest absolute Gasteiger partial charge is 0.323 e. The van der Waals surface area contributed by atoms with E-state index in [1.165, 1.54) is 0 Å². The first-order valence-electron chi connectivity index (χ1n) is 6.83. The molecular weight excluding hydrogens is 294 g/mol. The summed E-state index contributed by atoms with van der Waals surface area (Å²) >= 11 is 3.22. The topological polar surface area (TPSA) is 75.1 Å². The van der Waals surface area contributed by atoms with Crippen LogP contribution in [-0.4, -0.2) is 38.6 Å². The van der Waals surface area contributed by atoms with Gasteiger partial charge < -0.3 is 5.11 Å². The lowest BCUT2D eigenvalue weighted by molar-refractivity contribution is -0.145. The summed E-state index contributed by atoms with van der Waals surface area (Å²) in [6.07, 6.45) is 2.05. The van der Waals surface area contributed by atoms with E-state index < -0.39 is 11.5 Å². The maximum absolute atomic E-state index is 11.6. The van der Waals surface area contributed by atoms with E-state index in [0.29, 0.717) is 12.8 Å². The van der Waals surface area contributed by atoms with Crippen LogP contribution in [0.5, 0.6) is 0 Å². The zero-order valence-electron chi connectivity index (χ0n) is 12.5. The lowest BCUT2D eigenvalue weighted by Gasteiger charge is -2.31. The van der Waals surface area contributed by atoms with Gasteiger partial charge in [-0.15, -0.1) is 10.2 Å². The molecule has 1 aromatic heterocycles. The molecule has 1 unspecified atom stereocenters. The van der Waals surface area contributed by atoms with E-state index in [1.807, 2.05) is 27.7 Å². The summed E-state index contributed by atoms with van der Waals surface area (Å²) in [4.78, 5) is 11.6. The molecule has 0 spiro atoms. The Balaban J connectivity index is 2.48. The van der Waals surface area contributed by atoms with Crippen molar-refractivity contribution in [3.05, 3.63) is 5.01 Å². The number of nitrogens with zero attached hydrogens (tertiary/aromatic N) is 2. The summed E-state index contributed by atoms with van der Waals surface area (Å²) in [5.41, 5.74) is -0.814. The van der Waals surface area contributed by atoms with Crippen LogP contribution in [0.1, 0.15) is 45.0 Å². The fraction of sp³-hybridized carbons (Fsp3) is 0.769. The maximum atomic E-state index is 11.6. The van der Waals surface area contributed by atoms with Gasteiger partial charge in [0.05, 0.1) is 0 Å². The van der Waals surface area contributed by atoms with Gasteiger partial charge in [-0.2, -0.15) is 0 Å². The Hall–Kier alpha value is -0.660. The second-order valence-corrected chi connectivity index (χ2v) is 7.60. The molecule has 0 aliphatic rings. The van der Waals surface area contributed by atoms with Crippen molar-refractivity contribution in [2.75, 3.05) is 5.75 Å². The zero-order valence-corrected chi connectivity index (χ0v) is 14.1. The van der Waals surface area contributed by atoms with Crippen molar-refractivity contribution < 1.29 is 9.90 Å². The number of carboxylic acid groups (broad SMARTS) is 1. The number of carboxylic acids is 1. The average Bonchev–Trinajstić information content (AvgIpc) is 2.78. The average molecular weight is 317 g/mol. The molecule has 0 amide bonds. The molecule has 1 aromatic rings. The normalized spacial score (nSPS) is 14.4. The number of aliphatic carboxylic acids is 1. The molecule has 0 saturated carbocycles. The highest BCUT2D eigenvalue weighted by Gasteiger charge is 2.36. The third kappa shape index (κ3) is 5.03. The first-order valence-corrected chi connectivity index (χ1v) is 8.64. The number of aromatic nitrogens is 2. The molecule has 1 atom stereocenters. The summed E-state index contributed by atoms with van der Waals surface area (Å²) < 4.78 is 0.955.